The average Bonchev–Trinajstić information content (AvgIpc) is 3.72. The Labute approximate surface area is 250 Å². The van der Waals surface area contributed by atoms with Crippen LogP contribution < -0.4 is 15.2 Å². The molecule has 0 unspecified atom stereocenters. The fourth-order valence-corrected chi connectivity index (χ4v) is 5.99. The zero-order chi connectivity index (χ0) is 29.9. The molecule has 0 spiro atoms. The molecule has 0 radical (unpaired) electrons. The molecule has 1 aliphatic carbocycles. The highest BCUT2D eigenvalue weighted by molar-refractivity contribution is 6.00. The summed E-state index contributed by atoms with van der Waals surface area (Å²) in [5.74, 6) is 0.774. The van der Waals surface area contributed by atoms with E-state index in [1.54, 1.807) is 20.3 Å². The number of allylic oxidation sites excluding steroid dienone is 2. The third-order valence-corrected chi connectivity index (χ3v) is 8.14. The molecule has 214 valence electrons. The maximum atomic E-state index is 11.9. The van der Waals surface area contributed by atoms with Crippen LogP contribution >= 0.6 is 0 Å². The van der Waals surface area contributed by atoms with Gasteiger partial charge in [0.2, 0.25) is 0 Å². The van der Waals surface area contributed by atoms with E-state index in [4.69, 9.17) is 20.3 Å². The second-order valence-corrected chi connectivity index (χ2v) is 10.7. The van der Waals surface area contributed by atoms with E-state index in [9.17, 15) is 10.1 Å². The number of fused-ring (bicyclic) bond motifs is 1. The maximum Gasteiger partial charge on any atom is 0.252 e. The van der Waals surface area contributed by atoms with Gasteiger partial charge < -0.3 is 15.2 Å². The van der Waals surface area contributed by atoms with Crippen LogP contribution in [0, 0.1) is 11.3 Å². The SMILES string of the molecule is COc1ccc(Cn2ncc3c(C4=CCCC4)cc(-c4ccc(Cc5cccc(C(N)=O)c5OC)cc4)c(C#N)c32)cc1. The molecule has 1 aromatic heterocycles. The third kappa shape index (κ3) is 5.35. The molecule has 6 rings (SSSR count). The fourth-order valence-electron chi connectivity index (χ4n) is 5.99. The molecule has 0 saturated carbocycles. The summed E-state index contributed by atoms with van der Waals surface area (Å²) in [6, 6.07) is 26.2. The molecule has 7 heteroatoms. The van der Waals surface area contributed by atoms with Crippen molar-refractivity contribution in [3.8, 4) is 28.7 Å². The van der Waals surface area contributed by atoms with Crippen LogP contribution in [0.3, 0.4) is 0 Å². The molecule has 0 bridgehead atoms. The summed E-state index contributed by atoms with van der Waals surface area (Å²) in [7, 11) is 3.20. The lowest BCUT2D eigenvalue weighted by Gasteiger charge is -2.15. The summed E-state index contributed by atoms with van der Waals surface area (Å²) in [5.41, 5.74) is 14.6. The Bertz CT molecular complexity index is 1890. The van der Waals surface area contributed by atoms with Crippen molar-refractivity contribution < 1.29 is 14.3 Å². The predicted octanol–water partition coefficient (Wildman–Crippen LogP) is 6.90. The molecule has 0 aliphatic heterocycles. The topological polar surface area (TPSA) is 103 Å². The quantitative estimate of drug-likeness (QED) is 0.208. The van der Waals surface area contributed by atoms with E-state index in [0.29, 0.717) is 29.8 Å². The maximum absolute atomic E-state index is 11.9. The highest BCUT2D eigenvalue weighted by atomic mass is 16.5. The first-order chi connectivity index (χ1) is 21.0. The largest absolute Gasteiger partial charge is 0.497 e. The molecule has 1 aliphatic rings. The summed E-state index contributed by atoms with van der Waals surface area (Å²) in [6.07, 6.45) is 7.97. The minimum atomic E-state index is -0.520. The van der Waals surface area contributed by atoms with Crippen molar-refractivity contribution in [1.82, 2.24) is 9.78 Å². The van der Waals surface area contributed by atoms with Crippen LogP contribution in [0.5, 0.6) is 11.5 Å². The zero-order valence-corrected chi connectivity index (χ0v) is 24.3. The van der Waals surface area contributed by atoms with Gasteiger partial charge in [-0.3, -0.25) is 9.48 Å². The van der Waals surface area contributed by atoms with Crippen LogP contribution in [0.25, 0.3) is 27.6 Å². The number of carbonyl (C=O) groups is 1. The lowest BCUT2D eigenvalue weighted by atomic mass is 9.90. The number of rotatable bonds is 9. The van der Waals surface area contributed by atoms with Crippen LogP contribution in [0.15, 0.2) is 85.1 Å². The van der Waals surface area contributed by atoms with Gasteiger partial charge in [0.05, 0.1) is 43.6 Å². The second-order valence-electron chi connectivity index (χ2n) is 10.7. The normalized spacial score (nSPS) is 12.6. The number of benzene rings is 4. The standard InChI is InChI=1S/C36H32N4O3/c1-42-28-16-12-24(13-17-28)22-40-34-32(20-37)30(19-31(33(34)21-39-40)25-6-3-4-7-25)26-14-10-23(11-15-26)18-27-8-5-9-29(36(38)41)35(27)43-2/h5-6,8-17,19,21H,3-4,7,18,22H2,1-2H3,(H2,38,41). The lowest BCUT2D eigenvalue weighted by molar-refractivity contribution is 0.0997. The van der Waals surface area contributed by atoms with Crippen molar-refractivity contribution in [2.75, 3.05) is 14.2 Å². The number of ether oxygens (including phenoxy) is 2. The third-order valence-electron chi connectivity index (χ3n) is 8.14. The van der Waals surface area contributed by atoms with Crippen LogP contribution in [0.4, 0.5) is 0 Å². The van der Waals surface area contributed by atoms with Gasteiger partial charge >= 0.3 is 0 Å². The number of primary amides is 1. The number of amides is 1. The minimum absolute atomic E-state index is 0.364. The van der Waals surface area contributed by atoms with E-state index < -0.39 is 5.91 Å². The number of carbonyl (C=O) groups excluding carboxylic acids is 1. The van der Waals surface area contributed by atoms with E-state index in [-0.39, 0.29) is 0 Å². The van der Waals surface area contributed by atoms with Gasteiger partial charge in [0, 0.05) is 17.4 Å². The molecule has 5 aromatic rings. The Kier molecular flexibility index (Phi) is 7.67. The molecule has 7 nitrogen and oxygen atoms in total. The van der Waals surface area contributed by atoms with Gasteiger partial charge in [0.1, 0.15) is 17.6 Å². The Morgan fingerprint density at radius 2 is 1.77 bits per heavy atom. The van der Waals surface area contributed by atoms with Gasteiger partial charge in [-0.15, -0.1) is 0 Å². The first-order valence-electron chi connectivity index (χ1n) is 14.3. The summed E-state index contributed by atoms with van der Waals surface area (Å²) in [4.78, 5) is 11.9. The van der Waals surface area contributed by atoms with E-state index in [1.165, 1.54) is 5.57 Å². The monoisotopic (exact) mass is 568 g/mol. The molecule has 0 fully saturated rings. The molecule has 1 heterocycles. The summed E-state index contributed by atoms with van der Waals surface area (Å²) in [6.45, 7) is 0.537. The van der Waals surface area contributed by atoms with E-state index in [1.807, 2.05) is 47.3 Å². The van der Waals surface area contributed by atoms with E-state index in [0.717, 1.165) is 69.3 Å². The molecular weight excluding hydrogens is 536 g/mol. The Morgan fingerprint density at radius 1 is 1.00 bits per heavy atom. The van der Waals surface area contributed by atoms with Crippen molar-refractivity contribution in [2.24, 2.45) is 5.73 Å². The smallest absolute Gasteiger partial charge is 0.252 e. The highest BCUT2D eigenvalue weighted by Gasteiger charge is 2.21. The van der Waals surface area contributed by atoms with Crippen LogP contribution in [0.1, 0.15) is 57.4 Å². The van der Waals surface area contributed by atoms with Gasteiger partial charge in [-0.2, -0.15) is 10.4 Å². The van der Waals surface area contributed by atoms with Gasteiger partial charge in [-0.05, 0) is 76.9 Å². The molecular formula is C36H32N4O3. The molecule has 0 atom stereocenters. The number of hydrogen-bond donors (Lipinski definition) is 1. The Hall–Kier alpha value is -5.35. The first-order valence-corrected chi connectivity index (χ1v) is 14.3. The molecule has 4 aromatic carbocycles. The molecule has 0 saturated heterocycles. The lowest BCUT2D eigenvalue weighted by Crippen LogP contribution is -2.13. The number of aromatic nitrogens is 2. The highest BCUT2D eigenvalue weighted by Crippen LogP contribution is 2.39. The van der Waals surface area contributed by atoms with Gasteiger partial charge in [-0.1, -0.05) is 54.6 Å². The number of nitrogens with two attached hydrogens (primary N) is 1. The Morgan fingerprint density at radius 3 is 2.42 bits per heavy atom. The van der Waals surface area contributed by atoms with Crippen molar-refractivity contribution in [3.63, 3.8) is 0 Å². The number of hydrogen-bond acceptors (Lipinski definition) is 5. The second kappa shape index (κ2) is 11.9. The van der Waals surface area contributed by atoms with Crippen molar-refractivity contribution in [3.05, 3.63) is 118 Å². The number of para-hydroxylation sites is 1. The van der Waals surface area contributed by atoms with E-state index in [2.05, 4.69) is 42.5 Å². The number of methoxy groups -OCH3 is 2. The molecule has 43 heavy (non-hydrogen) atoms. The van der Waals surface area contributed by atoms with Crippen molar-refractivity contribution in [2.45, 2.75) is 32.2 Å². The van der Waals surface area contributed by atoms with Crippen molar-refractivity contribution >= 4 is 22.4 Å². The molecule has 2 N–H and O–H groups in total. The predicted molar refractivity (Wildman–Crippen MR) is 168 cm³/mol. The average molecular weight is 569 g/mol. The number of nitrogens with zero attached hydrogens (tertiary/aromatic N) is 3. The molecule has 1 amide bonds. The summed E-state index contributed by atoms with van der Waals surface area (Å²) >= 11 is 0. The van der Waals surface area contributed by atoms with Crippen LogP contribution in [-0.2, 0) is 13.0 Å². The van der Waals surface area contributed by atoms with E-state index >= 15 is 0 Å². The summed E-state index contributed by atoms with van der Waals surface area (Å²) < 4.78 is 12.8. The Balaban J connectivity index is 1.42. The zero-order valence-electron chi connectivity index (χ0n) is 24.3. The number of nitriles is 1. The summed E-state index contributed by atoms with van der Waals surface area (Å²) in [5, 5.41) is 16.3. The van der Waals surface area contributed by atoms with Crippen LogP contribution in [0.2, 0.25) is 0 Å². The first kappa shape index (κ1) is 27.8. The van der Waals surface area contributed by atoms with Gasteiger partial charge in [-0.25, -0.2) is 0 Å². The van der Waals surface area contributed by atoms with Gasteiger partial charge in [0.15, 0.2) is 0 Å². The fraction of sp³-hybridized carbons (Fsp3) is 0.194. The van der Waals surface area contributed by atoms with Crippen LogP contribution in [-0.4, -0.2) is 29.9 Å². The van der Waals surface area contributed by atoms with Gasteiger partial charge in [0.25, 0.3) is 5.91 Å². The minimum Gasteiger partial charge on any atom is -0.497 e. The van der Waals surface area contributed by atoms with Crippen molar-refractivity contribution in [1.29, 1.82) is 5.26 Å².